The summed E-state index contributed by atoms with van der Waals surface area (Å²) in [6, 6.07) is 5.39. The molecule has 2 aliphatic rings. The number of benzene rings is 1. The Kier molecular flexibility index (Phi) is 3.26. The van der Waals surface area contributed by atoms with Gasteiger partial charge in [-0.2, -0.15) is 5.10 Å². The maximum atomic E-state index is 13.0. The summed E-state index contributed by atoms with van der Waals surface area (Å²) >= 11 is 0. The van der Waals surface area contributed by atoms with Crippen molar-refractivity contribution in [2.45, 2.75) is 31.1 Å². The standard InChI is InChI=1S/C17H15F2N3O2/c1-22-7-11(14(21-22)16(18)19)17(24)20-12-4-2-3-8-9-5-6-10(13(8)12)15(9)23/h2-4,7,9-10,16H,5-6H2,1H3,(H,20,24)/t9?,10-/m1/s1. The lowest BCUT2D eigenvalue weighted by Crippen LogP contribution is -2.16. The molecular formula is C17H15F2N3O2. The van der Waals surface area contributed by atoms with E-state index >= 15 is 0 Å². The van der Waals surface area contributed by atoms with Crippen molar-refractivity contribution in [2.75, 3.05) is 5.32 Å². The van der Waals surface area contributed by atoms with Crippen LogP contribution in [0.3, 0.4) is 0 Å². The zero-order chi connectivity index (χ0) is 17.0. The molecule has 1 saturated carbocycles. The second kappa shape index (κ2) is 5.22. The number of hydrogen-bond donors (Lipinski definition) is 1. The minimum Gasteiger partial charge on any atom is -0.322 e. The highest BCUT2D eigenvalue weighted by Gasteiger charge is 2.46. The number of ketones is 1. The van der Waals surface area contributed by atoms with Gasteiger partial charge in [0.1, 0.15) is 11.5 Å². The van der Waals surface area contributed by atoms with Crippen LogP contribution in [0.5, 0.6) is 0 Å². The lowest BCUT2D eigenvalue weighted by Gasteiger charge is -2.17. The Morgan fingerprint density at radius 2 is 2.08 bits per heavy atom. The molecule has 7 heteroatoms. The molecule has 124 valence electrons. The van der Waals surface area contributed by atoms with Gasteiger partial charge < -0.3 is 5.32 Å². The largest absolute Gasteiger partial charge is 0.322 e. The fourth-order valence-corrected chi connectivity index (χ4v) is 3.87. The number of nitrogens with zero attached hydrogens (tertiary/aromatic N) is 2. The summed E-state index contributed by atoms with van der Waals surface area (Å²) in [5.41, 5.74) is 1.63. The van der Waals surface area contributed by atoms with Gasteiger partial charge in [-0.25, -0.2) is 8.78 Å². The summed E-state index contributed by atoms with van der Waals surface area (Å²) in [7, 11) is 1.49. The summed E-state index contributed by atoms with van der Waals surface area (Å²) in [6.07, 6.45) is 0.0630. The number of hydrogen-bond acceptors (Lipinski definition) is 3. The van der Waals surface area contributed by atoms with E-state index in [1.165, 1.54) is 17.9 Å². The predicted molar refractivity (Wildman–Crippen MR) is 82.3 cm³/mol. The van der Waals surface area contributed by atoms with Crippen LogP contribution < -0.4 is 5.32 Å². The minimum absolute atomic E-state index is 0.0862. The molecule has 0 aliphatic heterocycles. The second-order valence-electron chi connectivity index (χ2n) is 6.25. The van der Waals surface area contributed by atoms with E-state index in [0.29, 0.717) is 5.69 Å². The molecule has 2 bridgehead atoms. The van der Waals surface area contributed by atoms with E-state index in [4.69, 9.17) is 0 Å². The number of alkyl halides is 2. The average Bonchev–Trinajstić information content (AvgIpc) is 3.19. The number of aryl methyl sites for hydroxylation is 1. The normalized spacial score (nSPS) is 21.4. The first-order valence-electron chi connectivity index (χ1n) is 7.77. The van der Waals surface area contributed by atoms with Gasteiger partial charge >= 0.3 is 0 Å². The van der Waals surface area contributed by atoms with E-state index in [1.807, 2.05) is 6.07 Å². The molecule has 1 aromatic heterocycles. The first-order valence-corrected chi connectivity index (χ1v) is 7.77. The van der Waals surface area contributed by atoms with Crippen molar-refractivity contribution in [3.63, 3.8) is 0 Å². The molecule has 1 aromatic carbocycles. The van der Waals surface area contributed by atoms with Crippen LogP contribution in [0.2, 0.25) is 0 Å². The lowest BCUT2D eigenvalue weighted by atomic mass is 9.90. The average molecular weight is 331 g/mol. The van der Waals surface area contributed by atoms with Crippen molar-refractivity contribution >= 4 is 17.4 Å². The molecular weight excluding hydrogens is 316 g/mol. The summed E-state index contributed by atoms with van der Waals surface area (Å²) in [5, 5.41) is 6.34. The Hall–Kier alpha value is -2.57. The topological polar surface area (TPSA) is 64.0 Å². The first kappa shape index (κ1) is 15.0. The molecule has 2 atom stereocenters. The van der Waals surface area contributed by atoms with Crippen LogP contribution in [0.25, 0.3) is 0 Å². The van der Waals surface area contributed by atoms with Crippen LogP contribution in [-0.4, -0.2) is 21.5 Å². The van der Waals surface area contributed by atoms with Gasteiger partial charge in [-0.05, 0) is 30.0 Å². The monoisotopic (exact) mass is 331 g/mol. The fraction of sp³-hybridized carbons (Fsp3) is 0.353. The van der Waals surface area contributed by atoms with Gasteiger partial charge in [-0.1, -0.05) is 12.1 Å². The Labute approximate surface area is 136 Å². The highest BCUT2D eigenvalue weighted by Crippen LogP contribution is 2.52. The number of carbonyl (C=O) groups is 2. The maximum absolute atomic E-state index is 13.0. The molecule has 0 radical (unpaired) electrons. The number of rotatable bonds is 3. The molecule has 4 rings (SSSR count). The highest BCUT2D eigenvalue weighted by atomic mass is 19.3. The third kappa shape index (κ3) is 2.07. The second-order valence-corrected chi connectivity index (χ2v) is 6.25. The van der Waals surface area contributed by atoms with Crippen molar-refractivity contribution in [3.05, 3.63) is 46.8 Å². The van der Waals surface area contributed by atoms with Crippen molar-refractivity contribution in [1.29, 1.82) is 0 Å². The van der Waals surface area contributed by atoms with Crippen LogP contribution in [0, 0.1) is 0 Å². The smallest absolute Gasteiger partial charge is 0.282 e. The zero-order valence-electron chi connectivity index (χ0n) is 12.9. The van der Waals surface area contributed by atoms with E-state index in [1.54, 1.807) is 12.1 Å². The predicted octanol–water partition coefficient (Wildman–Crippen LogP) is 3.15. The summed E-state index contributed by atoms with van der Waals surface area (Å²) in [5.74, 6) is -0.717. The number of fused-ring (bicyclic) bond motifs is 5. The molecule has 2 aliphatic carbocycles. The quantitative estimate of drug-likeness (QED) is 0.940. The molecule has 1 fully saturated rings. The Bertz CT molecular complexity index is 860. The molecule has 2 aromatic rings. The molecule has 24 heavy (non-hydrogen) atoms. The molecule has 1 heterocycles. The molecule has 5 nitrogen and oxygen atoms in total. The van der Waals surface area contributed by atoms with Crippen LogP contribution >= 0.6 is 0 Å². The van der Waals surface area contributed by atoms with Crippen LogP contribution in [0.1, 0.15) is 58.3 Å². The van der Waals surface area contributed by atoms with Gasteiger partial charge in [0, 0.05) is 30.8 Å². The number of aromatic nitrogens is 2. The van der Waals surface area contributed by atoms with Gasteiger partial charge in [0.05, 0.1) is 5.56 Å². The number of Topliss-reactive ketones (excluding diaryl/α,β-unsaturated/α-hetero) is 1. The van der Waals surface area contributed by atoms with Crippen molar-refractivity contribution in [1.82, 2.24) is 9.78 Å². The number of anilines is 1. The van der Waals surface area contributed by atoms with Gasteiger partial charge in [-0.15, -0.1) is 0 Å². The van der Waals surface area contributed by atoms with Crippen LogP contribution in [0.4, 0.5) is 14.5 Å². The molecule has 1 N–H and O–H groups in total. The number of halogens is 2. The van der Waals surface area contributed by atoms with E-state index in [2.05, 4.69) is 10.4 Å². The Morgan fingerprint density at radius 1 is 1.33 bits per heavy atom. The third-order valence-corrected chi connectivity index (χ3v) is 4.85. The Morgan fingerprint density at radius 3 is 2.83 bits per heavy atom. The van der Waals surface area contributed by atoms with Crippen LogP contribution in [0.15, 0.2) is 24.4 Å². The zero-order valence-corrected chi connectivity index (χ0v) is 12.9. The van der Waals surface area contributed by atoms with Crippen molar-refractivity contribution in [3.8, 4) is 0 Å². The van der Waals surface area contributed by atoms with E-state index in [0.717, 1.165) is 24.0 Å². The highest BCUT2D eigenvalue weighted by molar-refractivity contribution is 6.07. The molecule has 0 saturated heterocycles. The van der Waals surface area contributed by atoms with E-state index in [-0.39, 0.29) is 23.2 Å². The number of amides is 1. The Balaban J connectivity index is 1.69. The maximum Gasteiger partial charge on any atom is 0.282 e. The van der Waals surface area contributed by atoms with Gasteiger partial charge in [0.2, 0.25) is 0 Å². The number of nitrogens with one attached hydrogen (secondary N) is 1. The van der Waals surface area contributed by atoms with Crippen molar-refractivity contribution < 1.29 is 18.4 Å². The third-order valence-electron chi connectivity index (χ3n) is 4.85. The molecule has 1 amide bonds. The summed E-state index contributed by atoms with van der Waals surface area (Å²) in [4.78, 5) is 24.7. The fourth-order valence-electron chi connectivity index (χ4n) is 3.87. The van der Waals surface area contributed by atoms with Gasteiger partial charge in [-0.3, -0.25) is 14.3 Å². The minimum atomic E-state index is -2.83. The number of carbonyl (C=O) groups excluding carboxylic acids is 2. The molecule has 0 spiro atoms. The van der Waals surface area contributed by atoms with Gasteiger partial charge in [0.15, 0.2) is 0 Å². The van der Waals surface area contributed by atoms with Gasteiger partial charge in [0.25, 0.3) is 12.3 Å². The summed E-state index contributed by atoms with van der Waals surface area (Å²) < 4.78 is 27.3. The summed E-state index contributed by atoms with van der Waals surface area (Å²) in [6.45, 7) is 0. The first-order chi connectivity index (χ1) is 11.5. The SMILES string of the molecule is Cn1cc(C(=O)Nc2cccc3c2[C@H]2CCC3C2=O)c(C(F)F)n1. The lowest BCUT2D eigenvalue weighted by molar-refractivity contribution is -0.119. The van der Waals surface area contributed by atoms with E-state index < -0.39 is 18.0 Å². The van der Waals surface area contributed by atoms with Crippen molar-refractivity contribution in [2.24, 2.45) is 7.05 Å². The molecule has 1 unspecified atom stereocenters. The van der Waals surface area contributed by atoms with E-state index in [9.17, 15) is 18.4 Å². The van der Waals surface area contributed by atoms with Crippen LogP contribution in [-0.2, 0) is 11.8 Å².